The van der Waals surface area contributed by atoms with E-state index >= 15 is 0 Å². The Labute approximate surface area is 179 Å². The highest BCUT2D eigenvalue weighted by molar-refractivity contribution is 7.89. The third-order valence-electron chi connectivity index (χ3n) is 4.38. The summed E-state index contributed by atoms with van der Waals surface area (Å²) in [4.78, 5) is 17.0. The van der Waals surface area contributed by atoms with Gasteiger partial charge >= 0.3 is 0 Å². The fraction of sp³-hybridized carbons (Fsp3) is 0.200. The van der Waals surface area contributed by atoms with Crippen LogP contribution in [0.3, 0.4) is 0 Å². The van der Waals surface area contributed by atoms with Crippen LogP contribution in [0.5, 0.6) is 5.75 Å². The first-order chi connectivity index (χ1) is 14.3. The van der Waals surface area contributed by atoms with E-state index in [0.29, 0.717) is 17.9 Å². The highest BCUT2D eigenvalue weighted by Gasteiger charge is 2.12. The maximum atomic E-state index is 12.5. The predicted octanol–water partition coefficient (Wildman–Crippen LogP) is 3.08. The Morgan fingerprint density at radius 3 is 2.53 bits per heavy atom. The number of ether oxygens (including phenoxy) is 1. The van der Waals surface area contributed by atoms with Gasteiger partial charge in [-0.25, -0.2) is 18.5 Å². The Morgan fingerprint density at radius 2 is 1.93 bits per heavy atom. The Bertz CT molecular complexity index is 1140. The van der Waals surface area contributed by atoms with Gasteiger partial charge in [-0.1, -0.05) is 12.1 Å². The van der Waals surface area contributed by atoms with Gasteiger partial charge in [0.25, 0.3) is 0 Å². The molecule has 2 aromatic carbocycles. The molecule has 0 bridgehead atoms. The molecule has 10 heteroatoms. The molecule has 0 fully saturated rings. The molecule has 8 nitrogen and oxygen atoms in total. The van der Waals surface area contributed by atoms with Crippen molar-refractivity contribution in [3.05, 3.63) is 53.4 Å². The second-order valence-electron chi connectivity index (χ2n) is 6.44. The zero-order valence-corrected chi connectivity index (χ0v) is 18.1. The number of carbonyl (C=O) groups excluding carboxylic acids is 1. The minimum absolute atomic E-state index is 0.0423. The van der Waals surface area contributed by atoms with Crippen molar-refractivity contribution in [2.75, 3.05) is 24.8 Å². The molecule has 1 aromatic heterocycles. The second kappa shape index (κ2) is 9.24. The Kier molecular flexibility index (Phi) is 6.70. The van der Waals surface area contributed by atoms with E-state index in [1.165, 1.54) is 23.5 Å². The molecule has 0 aliphatic carbocycles. The number of primary sulfonamides is 1. The van der Waals surface area contributed by atoms with Crippen LogP contribution in [0.1, 0.15) is 12.0 Å². The summed E-state index contributed by atoms with van der Waals surface area (Å²) >= 11 is 1.50. The van der Waals surface area contributed by atoms with Crippen molar-refractivity contribution < 1.29 is 17.9 Å². The largest absolute Gasteiger partial charge is 0.495 e. The van der Waals surface area contributed by atoms with Crippen LogP contribution in [0.15, 0.2) is 52.7 Å². The number of rotatable bonds is 8. The van der Waals surface area contributed by atoms with Crippen LogP contribution in [0.2, 0.25) is 0 Å². The molecule has 0 aliphatic heterocycles. The van der Waals surface area contributed by atoms with E-state index in [4.69, 9.17) is 9.88 Å². The van der Waals surface area contributed by atoms with Gasteiger partial charge in [0.05, 0.1) is 23.4 Å². The summed E-state index contributed by atoms with van der Waals surface area (Å²) in [6.45, 7) is 0. The molecular weight excluding hydrogens is 424 g/mol. The lowest BCUT2D eigenvalue weighted by atomic mass is 10.1. The molecule has 4 N–H and O–H groups in total. The Morgan fingerprint density at radius 1 is 1.20 bits per heavy atom. The molecule has 0 aliphatic rings. The third kappa shape index (κ3) is 5.35. The molecule has 0 atom stereocenters. The van der Waals surface area contributed by atoms with E-state index in [1.54, 1.807) is 25.3 Å². The fourth-order valence-electron chi connectivity index (χ4n) is 2.80. The van der Waals surface area contributed by atoms with Gasteiger partial charge in [-0.15, -0.1) is 11.3 Å². The van der Waals surface area contributed by atoms with E-state index in [-0.39, 0.29) is 17.2 Å². The molecule has 30 heavy (non-hydrogen) atoms. The van der Waals surface area contributed by atoms with Gasteiger partial charge in [-0.2, -0.15) is 0 Å². The maximum Gasteiger partial charge on any atom is 0.238 e. The van der Waals surface area contributed by atoms with E-state index in [9.17, 15) is 13.2 Å². The normalized spacial score (nSPS) is 11.2. The lowest BCUT2D eigenvalue weighted by Gasteiger charge is -2.12. The number of carbonyl (C=O) groups is 1. The molecule has 1 heterocycles. The summed E-state index contributed by atoms with van der Waals surface area (Å²) in [7, 11) is -0.376. The number of sulfonamides is 1. The summed E-state index contributed by atoms with van der Waals surface area (Å²) in [6.07, 6.45) is 0.680. The number of nitrogens with two attached hydrogens (primary N) is 1. The number of hydrogen-bond donors (Lipinski definition) is 3. The minimum atomic E-state index is -3.73. The number of thiazole rings is 1. The number of anilines is 2. The number of amides is 1. The quantitative estimate of drug-likeness (QED) is 0.489. The number of methoxy groups -OCH3 is 1. The van der Waals surface area contributed by atoms with Crippen LogP contribution in [-0.4, -0.2) is 33.5 Å². The molecule has 158 valence electrons. The van der Waals surface area contributed by atoms with Gasteiger partial charge in [0, 0.05) is 24.4 Å². The molecule has 0 unspecified atom stereocenters. The smallest absolute Gasteiger partial charge is 0.238 e. The molecule has 0 saturated carbocycles. The van der Waals surface area contributed by atoms with Gasteiger partial charge in [-0.05, 0) is 42.3 Å². The molecule has 3 aromatic rings. The number of nitrogens with zero attached hydrogens (tertiary/aromatic N) is 1. The molecule has 0 saturated heterocycles. The molecule has 3 rings (SSSR count). The molecule has 1 amide bonds. The molecule has 0 radical (unpaired) electrons. The maximum absolute atomic E-state index is 12.5. The Balaban J connectivity index is 1.68. The zero-order chi connectivity index (χ0) is 21.7. The van der Waals surface area contributed by atoms with Gasteiger partial charge in [0.1, 0.15) is 5.75 Å². The lowest BCUT2D eigenvalue weighted by Crippen LogP contribution is -2.14. The van der Waals surface area contributed by atoms with Crippen LogP contribution < -0.4 is 20.5 Å². The standard InChI is InChI=1S/C20H22N4O4S2/c1-22-20-24-17(12-29-20)14-6-9-18(28-2)16(11-14)23-19(25)10-5-13-3-7-15(8-4-13)30(21,26)27/h3-4,6-9,11-12H,5,10H2,1-2H3,(H,22,24)(H,23,25)(H2,21,26,27). The van der Waals surface area contributed by atoms with Crippen molar-refractivity contribution in [1.82, 2.24) is 4.98 Å². The van der Waals surface area contributed by atoms with Crippen molar-refractivity contribution in [3.63, 3.8) is 0 Å². The van der Waals surface area contributed by atoms with Crippen LogP contribution in [0.4, 0.5) is 10.8 Å². The number of aryl methyl sites for hydroxylation is 1. The van der Waals surface area contributed by atoms with Gasteiger partial charge in [0.2, 0.25) is 15.9 Å². The monoisotopic (exact) mass is 446 g/mol. The average Bonchev–Trinajstić information content (AvgIpc) is 3.21. The first-order valence-electron chi connectivity index (χ1n) is 9.03. The van der Waals surface area contributed by atoms with Crippen LogP contribution >= 0.6 is 11.3 Å². The summed E-state index contributed by atoms with van der Waals surface area (Å²) in [5, 5.41) is 13.7. The topological polar surface area (TPSA) is 123 Å². The van der Waals surface area contributed by atoms with Crippen LogP contribution in [0.25, 0.3) is 11.3 Å². The van der Waals surface area contributed by atoms with Crippen molar-refractivity contribution in [1.29, 1.82) is 0 Å². The van der Waals surface area contributed by atoms with Crippen LogP contribution in [-0.2, 0) is 21.2 Å². The van der Waals surface area contributed by atoms with E-state index in [0.717, 1.165) is 22.0 Å². The number of hydrogen-bond acceptors (Lipinski definition) is 7. The highest BCUT2D eigenvalue weighted by atomic mass is 32.2. The Hall–Kier alpha value is -2.95. The second-order valence-corrected chi connectivity index (χ2v) is 8.86. The summed E-state index contributed by atoms with van der Waals surface area (Å²) < 4.78 is 28.0. The average molecular weight is 447 g/mol. The predicted molar refractivity (Wildman–Crippen MR) is 118 cm³/mol. The van der Waals surface area contributed by atoms with Crippen molar-refractivity contribution in [2.24, 2.45) is 5.14 Å². The summed E-state index contributed by atoms with van der Waals surface area (Å²) in [5.74, 6) is 0.365. The number of aromatic nitrogens is 1. The summed E-state index contributed by atoms with van der Waals surface area (Å²) in [6, 6.07) is 11.7. The molecular formula is C20H22N4O4S2. The van der Waals surface area contributed by atoms with Crippen molar-refractivity contribution >= 4 is 38.1 Å². The van der Waals surface area contributed by atoms with Crippen LogP contribution in [0, 0.1) is 0 Å². The zero-order valence-electron chi connectivity index (χ0n) is 16.5. The first kappa shape index (κ1) is 21.8. The summed E-state index contributed by atoms with van der Waals surface area (Å²) in [5.41, 5.74) is 3.06. The number of benzene rings is 2. The SMILES string of the molecule is CNc1nc(-c2ccc(OC)c(NC(=O)CCc3ccc(S(N)(=O)=O)cc3)c2)cs1. The third-order valence-corrected chi connectivity index (χ3v) is 6.17. The fourth-order valence-corrected chi connectivity index (χ4v) is 4.00. The number of nitrogens with one attached hydrogen (secondary N) is 2. The first-order valence-corrected chi connectivity index (χ1v) is 11.5. The van der Waals surface area contributed by atoms with Gasteiger partial charge in [0.15, 0.2) is 5.13 Å². The minimum Gasteiger partial charge on any atom is -0.495 e. The van der Waals surface area contributed by atoms with Crippen molar-refractivity contribution in [2.45, 2.75) is 17.7 Å². The highest BCUT2D eigenvalue weighted by Crippen LogP contribution is 2.32. The van der Waals surface area contributed by atoms with Crippen molar-refractivity contribution in [3.8, 4) is 17.0 Å². The molecule has 0 spiro atoms. The van der Waals surface area contributed by atoms with Gasteiger partial charge < -0.3 is 15.4 Å². The van der Waals surface area contributed by atoms with E-state index < -0.39 is 10.0 Å². The van der Waals surface area contributed by atoms with Gasteiger partial charge in [-0.3, -0.25) is 4.79 Å². The lowest BCUT2D eigenvalue weighted by molar-refractivity contribution is -0.116. The van der Waals surface area contributed by atoms with E-state index in [2.05, 4.69) is 15.6 Å². The van der Waals surface area contributed by atoms with E-state index in [1.807, 2.05) is 24.6 Å².